The predicted octanol–water partition coefficient (Wildman–Crippen LogP) is 3.00. The lowest BCUT2D eigenvalue weighted by Crippen LogP contribution is -2.28. The summed E-state index contributed by atoms with van der Waals surface area (Å²) in [4.78, 5) is 4.12. The van der Waals surface area contributed by atoms with E-state index in [1.54, 1.807) is 6.20 Å². The number of nitrogens with zero attached hydrogens (tertiary/aromatic N) is 1. The number of hydrogen-bond acceptors (Lipinski definition) is 4. The first-order chi connectivity index (χ1) is 9.90. The summed E-state index contributed by atoms with van der Waals surface area (Å²) in [5.74, 6) is 2.22. The van der Waals surface area contributed by atoms with E-state index < -0.39 is 0 Å². The molecule has 1 aliphatic rings. The zero-order valence-corrected chi connectivity index (χ0v) is 11.3. The molecule has 1 aromatic heterocycles. The van der Waals surface area contributed by atoms with Gasteiger partial charge in [0.05, 0.1) is 0 Å². The zero-order chi connectivity index (χ0) is 13.6. The second-order valence-corrected chi connectivity index (χ2v) is 4.85. The Labute approximate surface area is 118 Å². The Morgan fingerprint density at radius 1 is 1.10 bits per heavy atom. The number of ether oxygens (including phenoxy) is 2. The molecule has 0 saturated carbocycles. The van der Waals surface area contributed by atoms with Crippen molar-refractivity contribution in [3.8, 4) is 17.4 Å². The summed E-state index contributed by atoms with van der Waals surface area (Å²) in [6.45, 7) is 1.82. The maximum Gasteiger partial charge on any atom is 0.219 e. The highest BCUT2D eigenvalue weighted by Gasteiger charge is 2.14. The topological polar surface area (TPSA) is 43.4 Å². The zero-order valence-electron chi connectivity index (χ0n) is 11.3. The van der Waals surface area contributed by atoms with Gasteiger partial charge in [-0.1, -0.05) is 6.07 Å². The third-order valence-electron chi connectivity index (χ3n) is 3.30. The molecule has 4 nitrogen and oxygen atoms in total. The lowest BCUT2D eigenvalue weighted by atomic mass is 10.2. The Morgan fingerprint density at radius 2 is 1.95 bits per heavy atom. The molecule has 104 valence electrons. The van der Waals surface area contributed by atoms with E-state index in [1.165, 1.54) is 12.8 Å². The van der Waals surface area contributed by atoms with Gasteiger partial charge in [-0.05, 0) is 49.7 Å². The number of benzene rings is 1. The lowest BCUT2D eigenvalue weighted by molar-refractivity contribution is 0.277. The van der Waals surface area contributed by atoms with Crippen LogP contribution in [0.5, 0.6) is 17.4 Å². The van der Waals surface area contributed by atoms with Crippen LogP contribution in [0.2, 0.25) is 0 Å². The van der Waals surface area contributed by atoms with Gasteiger partial charge in [-0.25, -0.2) is 4.98 Å². The van der Waals surface area contributed by atoms with Gasteiger partial charge in [0.25, 0.3) is 0 Å². The van der Waals surface area contributed by atoms with E-state index in [4.69, 9.17) is 9.47 Å². The van der Waals surface area contributed by atoms with Crippen molar-refractivity contribution in [3.05, 3.63) is 48.7 Å². The normalized spacial score (nSPS) is 17.9. The van der Waals surface area contributed by atoms with Gasteiger partial charge in [0.1, 0.15) is 18.1 Å². The average molecular weight is 270 g/mol. The van der Waals surface area contributed by atoms with E-state index in [-0.39, 0.29) is 0 Å². The number of rotatable bonds is 5. The third-order valence-corrected chi connectivity index (χ3v) is 3.30. The molecule has 1 aromatic carbocycles. The molecule has 0 radical (unpaired) electrons. The average Bonchev–Trinajstić information content (AvgIpc) is 3.01. The quantitative estimate of drug-likeness (QED) is 0.907. The lowest BCUT2D eigenvalue weighted by Gasteiger charge is -2.12. The highest BCUT2D eigenvalue weighted by Crippen LogP contribution is 2.22. The fraction of sp³-hybridized carbons (Fsp3) is 0.312. The van der Waals surface area contributed by atoms with Gasteiger partial charge >= 0.3 is 0 Å². The van der Waals surface area contributed by atoms with Crippen LogP contribution < -0.4 is 14.8 Å². The van der Waals surface area contributed by atoms with Crippen LogP contribution in [-0.2, 0) is 0 Å². The number of hydrogen-bond donors (Lipinski definition) is 1. The maximum atomic E-state index is 5.76. The van der Waals surface area contributed by atoms with Crippen molar-refractivity contribution in [3.63, 3.8) is 0 Å². The van der Waals surface area contributed by atoms with Crippen molar-refractivity contribution in [2.24, 2.45) is 0 Å². The molecular formula is C16H18N2O2. The van der Waals surface area contributed by atoms with Gasteiger partial charge in [-0.15, -0.1) is 0 Å². The molecule has 3 rings (SSSR count). The number of pyridine rings is 1. The summed E-state index contributed by atoms with van der Waals surface area (Å²) in [5.41, 5.74) is 0. The number of aromatic nitrogens is 1. The van der Waals surface area contributed by atoms with Gasteiger partial charge < -0.3 is 14.8 Å². The fourth-order valence-corrected chi connectivity index (χ4v) is 2.23. The van der Waals surface area contributed by atoms with Gasteiger partial charge in [0, 0.05) is 18.3 Å². The van der Waals surface area contributed by atoms with Gasteiger partial charge in [0.2, 0.25) is 5.88 Å². The monoisotopic (exact) mass is 270 g/mol. The summed E-state index contributed by atoms with van der Waals surface area (Å²) in [7, 11) is 0. The second-order valence-electron chi connectivity index (χ2n) is 4.85. The van der Waals surface area contributed by atoms with Crippen molar-refractivity contribution in [1.29, 1.82) is 0 Å². The van der Waals surface area contributed by atoms with Crippen LogP contribution in [0.4, 0.5) is 0 Å². The largest absolute Gasteiger partial charge is 0.492 e. The van der Waals surface area contributed by atoms with Gasteiger partial charge in [-0.3, -0.25) is 0 Å². The fourth-order valence-electron chi connectivity index (χ4n) is 2.23. The first-order valence-corrected chi connectivity index (χ1v) is 6.95. The van der Waals surface area contributed by atoms with Crippen LogP contribution in [0, 0.1) is 0 Å². The molecule has 0 bridgehead atoms. The van der Waals surface area contributed by atoms with E-state index in [9.17, 15) is 0 Å². The summed E-state index contributed by atoms with van der Waals surface area (Å²) < 4.78 is 11.4. The smallest absolute Gasteiger partial charge is 0.219 e. The van der Waals surface area contributed by atoms with Crippen LogP contribution in [0.15, 0.2) is 48.7 Å². The predicted molar refractivity (Wildman–Crippen MR) is 77.3 cm³/mol. The molecule has 1 atom stereocenters. The summed E-state index contributed by atoms with van der Waals surface area (Å²) in [6.07, 6.45) is 4.15. The minimum absolute atomic E-state index is 0.486. The standard InChI is InChI=1S/C16H18N2O2/c1-2-10-18-16(5-1)20-15-8-6-14(7-9-15)19-12-13-4-3-11-17-13/h1-2,5-10,13,17H,3-4,11-12H2. The van der Waals surface area contributed by atoms with Crippen molar-refractivity contribution in [1.82, 2.24) is 10.3 Å². The molecule has 1 aliphatic heterocycles. The summed E-state index contributed by atoms with van der Waals surface area (Å²) in [5, 5.41) is 3.41. The molecule has 2 aromatic rings. The van der Waals surface area contributed by atoms with Gasteiger partial charge in [-0.2, -0.15) is 0 Å². The molecule has 0 spiro atoms. The molecule has 1 unspecified atom stereocenters. The van der Waals surface area contributed by atoms with Crippen LogP contribution in [-0.4, -0.2) is 24.2 Å². The molecule has 1 N–H and O–H groups in total. The Bertz CT molecular complexity index is 522. The van der Waals surface area contributed by atoms with Crippen LogP contribution in [0.1, 0.15) is 12.8 Å². The highest BCUT2D eigenvalue weighted by atomic mass is 16.5. The molecule has 20 heavy (non-hydrogen) atoms. The molecule has 1 saturated heterocycles. The van der Waals surface area contributed by atoms with Crippen LogP contribution in [0.3, 0.4) is 0 Å². The Hall–Kier alpha value is -2.07. The second kappa shape index (κ2) is 6.39. The van der Waals surface area contributed by atoms with Crippen molar-refractivity contribution in [2.75, 3.05) is 13.2 Å². The molecule has 0 aliphatic carbocycles. The minimum Gasteiger partial charge on any atom is -0.492 e. The molecule has 0 amide bonds. The van der Waals surface area contributed by atoms with Crippen LogP contribution >= 0.6 is 0 Å². The molecule has 1 fully saturated rings. The van der Waals surface area contributed by atoms with Crippen molar-refractivity contribution >= 4 is 0 Å². The SMILES string of the molecule is c1ccc(Oc2ccc(OCC3CCCN3)cc2)nc1. The van der Waals surface area contributed by atoms with E-state index in [2.05, 4.69) is 10.3 Å². The van der Waals surface area contributed by atoms with Gasteiger partial charge in [0.15, 0.2) is 0 Å². The van der Waals surface area contributed by atoms with E-state index in [1.807, 2.05) is 42.5 Å². The Morgan fingerprint density at radius 3 is 2.65 bits per heavy atom. The first kappa shape index (κ1) is 12.9. The molecular weight excluding hydrogens is 252 g/mol. The van der Waals surface area contributed by atoms with E-state index in [0.717, 1.165) is 24.7 Å². The van der Waals surface area contributed by atoms with Crippen molar-refractivity contribution < 1.29 is 9.47 Å². The Kier molecular flexibility index (Phi) is 4.13. The maximum absolute atomic E-state index is 5.76. The molecule has 2 heterocycles. The third kappa shape index (κ3) is 3.48. The summed E-state index contributed by atoms with van der Waals surface area (Å²) in [6, 6.07) is 13.7. The summed E-state index contributed by atoms with van der Waals surface area (Å²) >= 11 is 0. The first-order valence-electron chi connectivity index (χ1n) is 6.95. The number of nitrogens with one attached hydrogen (secondary N) is 1. The highest BCUT2D eigenvalue weighted by molar-refractivity contribution is 5.33. The van der Waals surface area contributed by atoms with Crippen molar-refractivity contribution in [2.45, 2.75) is 18.9 Å². The Balaban J connectivity index is 1.54. The van der Waals surface area contributed by atoms with E-state index in [0.29, 0.717) is 11.9 Å². The minimum atomic E-state index is 0.486. The molecule has 4 heteroatoms. The van der Waals surface area contributed by atoms with E-state index >= 15 is 0 Å². The van der Waals surface area contributed by atoms with Crippen LogP contribution in [0.25, 0.3) is 0 Å².